The summed E-state index contributed by atoms with van der Waals surface area (Å²) in [5, 5.41) is 3.69. The van der Waals surface area contributed by atoms with Crippen molar-refractivity contribution in [1.82, 2.24) is 19.4 Å². The van der Waals surface area contributed by atoms with E-state index in [9.17, 15) is 49.1 Å². The number of carbonyl (C=O) groups excluding carboxylic acids is 2. The Labute approximate surface area is 471 Å². The van der Waals surface area contributed by atoms with Crippen LogP contribution in [0.25, 0.3) is 5.57 Å². The third kappa shape index (κ3) is 17.5. The van der Waals surface area contributed by atoms with E-state index < -0.39 is 78.6 Å². The zero-order valence-corrected chi connectivity index (χ0v) is 49.2. The molecule has 3 N–H and O–H groups in total. The number of sulfonamides is 1. The zero-order valence-electron chi connectivity index (χ0n) is 45.1. The summed E-state index contributed by atoms with van der Waals surface area (Å²) in [7, 11) is -15.1. The summed E-state index contributed by atoms with van der Waals surface area (Å²) in [4.78, 5) is 43.2. The molecule has 2 fully saturated rings. The average Bonchev–Trinajstić information content (AvgIpc) is 3.41. The monoisotopic (exact) mass is 1190 g/mol. The number of sulfone groups is 1. The van der Waals surface area contributed by atoms with E-state index in [0.717, 1.165) is 61.6 Å². The number of hydrogen-bond donors (Lipinski definition) is 3. The van der Waals surface area contributed by atoms with Gasteiger partial charge < -0.3 is 29.6 Å². The van der Waals surface area contributed by atoms with Crippen LogP contribution in [0.5, 0.6) is 0 Å². The van der Waals surface area contributed by atoms with Crippen LogP contribution in [0.15, 0.2) is 117 Å². The Morgan fingerprint density at radius 2 is 1.46 bits per heavy atom. The molecular weight excluding hydrogens is 1120 g/mol. The standard InChI is InChI=1S/C55H71ClF3N6O10PS3/c1-53(2,3)52(67)74-39-75-76(68,69)34-33-63-27-25-62(26-28-63)24-22-44(38-77-46-9-7-6-8-10-46)60-49-20-19-47(35-50(49)78(70,71)55(57,58)59)79(72,73)61-51(66)41-13-17-45(18-14-41)65-31-29-64(30-32-65)37-42-36-54(4,5)23-21-48(42)40-11-15-43(56)16-12-40/h6-20,35,44,60H,21-34,36-39H2,1-5H3,(H,61,66)(H,68,69)/t44-/m1/s1. The first-order valence-corrected chi connectivity index (χ1v) is 32.3. The Morgan fingerprint density at radius 1 is 0.835 bits per heavy atom. The molecule has 7 rings (SSSR count). The number of ether oxygens (including phenoxy) is 1. The molecule has 4 aromatic carbocycles. The Bertz CT molecular complexity index is 3060. The third-order valence-corrected chi connectivity index (χ3v) is 19.9. The second-order valence-electron chi connectivity index (χ2n) is 22.0. The zero-order chi connectivity index (χ0) is 57.4. The van der Waals surface area contributed by atoms with E-state index in [0.29, 0.717) is 63.3 Å². The molecule has 24 heteroatoms. The SMILES string of the molecule is CC1(C)CCC(c2ccc(Cl)cc2)=C(CN2CCN(c3ccc(C(=O)NS(=O)(=O)c4ccc(N[C@H](CCN5CCN(CCP(=O)(O)OCOC(=O)C(C)(C)C)CC5)CSc5ccccc5)c(S(=O)(=O)C(F)(F)F)c4)cc3)CC2)C1. The Kier molecular flexibility index (Phi) is 20.6. The first kappa shape index (κ1) is 62.1. The fourth-order valence-corrected chi connectivity index (χ4v) is 13.6. The lowest BCUT2D eigenvalue weighted by molar-refractivity contribution is -0.159. The number of amides is 1. The van der Waals surface area contributed by atoms with Crippen LogP contribution in [0.4, 0.5) is 24.5 Å². The van der Waals surface area contributed by atoms with E-state index in [1.165, 1.54) is 40.6 Å². The van der Waals surface area contributed by atoms with E-state index in [1.54, 1.807) is 32.9 Å². The number of anilines is 2. The molecule has 79 heavy (non-hydrogen) atoms. The molecule has 16 nitrogen and oxygen atoms in total. The number of nitrogens with zero attached hydrogens (tertiary/aromatic N) is 4. The van der Waals surface area contributed by atoms with Gasteiger partial charge in [-0.05, 0) is 130 Å². The highest BCUT2D eigenvalue weighted by molar-refractivity contribution is 7.99. The van der Waals surface area contributed by atoms with Crippen LogP contribution in [0, 0.1) is 10.8 Å². The normalized spacial score (nSPS) is 18.4. The highest BCUT2D eigenvalue weighted by Gasteiger charge is 2.48. The molecule has 2 aliphatic heterocycles. The maximum Gasteiger partial charge on any atom is 0.501 e. The number of alkyl halides is 3. The second-order valence-corrected chi connectivity index (χ2v) is 29.1. The van der Waals surface area contributed by atoms with Gasteiger partial charge in [-0.1, -0.05) is 61.4 Å². The van der Waals surface area contributed by atoms with Crippen molar-refractivity contribution >= 4 is 79.6 Å². The maximum atomic E-state index is 14.4. The number of thioether (sulfide) groups is 1. The average molecular weight is 1200 g/mol. The van der Waals surface area contributed by atoms with Gasteiger partial charge in [0.25, 0.3) is 25.8 Å². The molecule has 4 aromatic rings. The van der Waals surface area contributed by atoms with Crippen molar-refractivity contribution in [3.8, 4) is 0 Å². The van der Waals surface area contributed by atoms with Crippen LogP contribution in [-0.4, -0.2) is 151 Å². The van der Waals surface area contributed by atoms with Crippen molar-refractivity contribution < 1.29 is 58.3 Å². The number of piperazine rings is 2. The predicted molar refractivity (Wildman–Crippen MR) is 304 cm³/mol. The first-order chi connectivity index (χ1) is 37.1. The summed E-state index contributed by atoms with van der Waals surface area (Å²) in [6, 6.07) is 25.3. The Hall–Kier alpha value is -4.48. The van der Waals surface area contributed by atoms with Crippen molar-refractivity contribution in [2.75, 3.05) is 101 Å². The minimum Gasteiger partial charge on any atom is -0.438 e. The van der Waals surface area contributed by atoms with Gasteiger partial charge in [0.2, 0.25) is 6.79 Å². The third-order valence-electron chi connectivity index (χ3n) is 14.3. The molecule has 1 aliphatic carbocycles. The summed E-state index contributed by atoms with van der Waals surface area (Å²) in [5.74, 6) is -1.35. The fourth-order valence-electron chi connectivity index (χ4n) is 9.61. The van der Waals surface area contributed by atoms with E-state index >= 15 is 0 Å². The number of hydrogen-bond acceptors (Lipinski definition) is 15. The number of allylic oxidation sites excluding steroid dienone is 1. The molecule has 3 aliphatic rings. The number of carbonyl (C=O) groups is 2. The van der Waals surface area contributed by atoms with Crippen molar-refractivity contribution in [3.63, 3.8) is 0 Å². The minimum atomic E-state index is -6.15. The fraction of sp³-hybridized carbons (Fsp3) is 0.491. The second kappa shape index (κ2) is 26.2. The van der Waals surface area contributed by atoms with Crippen LogP contribution in [0.2, 0.25) is 5.02 Å². The lowest BCUT2D eigenvalue weighted by atomic mass is 9.73. The number of esters is 1. The van der Waals surface area contributed by atoms with Gasteiger partial charge in [0, 0.05) is 105 Å². The molecule has 0 bridgehead atoms. The largest absolute Gasteiger partial charge is 0.501 e. The lowest BCUT2D eigenvalue weighted by Crippen LogP contribution is -2.48. The topological polar surface area (TPSA) is 195 Å². The predicted octanol–water partition coefficient (Wildman–Crippen LogP) is 9.87. The molecule has 1 unspecified atom stereocenters. The number of benzene rings is 4. The summed E-state index contributed by atoms with van der Waals surface area (Å²) >= 11 is 7.60. The van der Waals surface area contributed by atoms with Crippen LogP contribution in [0.1, 0.15) is 76.2 Å². The quantitative estimate of drug-likeness (QED) is 0.0291. The van der Waals surface area contributed by atoms with Gasteiger partial charge in [-0.15, -0.1) is 11.8 Å². The van der Waals surface area contributed by atoms with Gasteiger partial charge in [-0.25, -0.2) is 21.6 Å². The summed E-state index contributed by atoms with van der Waals surface area (Å²) in [5.41, 5.74) is -2.08. The Morgan fingerprint density at radius 3 is 2.08 bits per heavy atom. The number of rotatable bonds is 22. The van der Waals surface area contributed by atoms with E-state index in [2.05, 4.69) is 46.0 Å². The lowest BCUT2D eigenvalue weighted by Gasteiger charge is -2.39. The van der Waals surface area contributed by atoms with Crippen molar-refractivity contribution in [2.45, 2.75) is 86.5 Å². The number of halogens is 4. The van der Waals surface area contributed by atoms with Gasteiger partial charge >= 0.3 is 19.1 Å². The van der Waals surface area contributed by atoms with Gasteiger partial charge in [-0.2, -0.15) is 13.2 Å². The van der Waals surface area contributed by atoms with Crippen LogP contribution in [0.3, 0.4) is 0 Å². The molecule has 2 heterocycles. The highest BCUT2D eigenvalue weighted by Crippen LogP contribution is 2.44. The molecule has 0 aromatic heterocycles. The van der Waals surface area contributed by atoms with Crippen LogP contribution >= 0.6 is 31.0 Å². The van der Waals surface area contributed by atoms with Gasteiger partial charge in [-0.3, -0.25) is 23.6 Å². The molecule has 1 amide bonds. The van der Waals surface area contributed by atoms with E-state index in [4.69, 9.17) is 20.9 Å². The van der Waals surface area contributed by atoms with Crippen LogP contribution in [-0.2, 0) is 38.5 Å². The molecular formula is C55H71ClF3N6O10PS3. The summed E-state index contributed by atoms with van der Waals surface area (Å²) in [6.07, 6.45) is 3.23. The van der Waals surface area contributed by atoms with Gasteiger partial charge in [0.05, 0.1) is 22.2 Å². The first-order valence-electron chi connectivity index (χ1n) is 26.2. The van der Waals surface area contributed by atoms with E-state index in [-0.39, 0.29) is 29.4 Å². The molecule has 432 valence electrons. The Balaban J connectivity index is 0.975. The van der Waals surface area contributed by atoms with Gasteiger partial charge in [0.1, 0.15) is 4.90 Å². The maximum absolute atomic E-state index is 14.4. The molecule has 2 saturated heterocycles. The summed E-state index contributed by atoms with van der Waals surface area (Å²) < 4.78 is 122. The van der Waals surface area contributed by atoms with Crippen molar-refractivity contribution in [3.05, 3.63) is 119 Å². The van der Waals surface area contributed by atoms with Gasteiger partial charge in [0.15, 0.2) is 0 Å². The molecule has 0 spiro atoms. The number of nitrogens with one attached hydrogen (secondary N) is 2. The van der Waals surface area contributed by atoms with Crippen LogP contribution < -0.4 is 14.9 Å². The van der Waals surface area contributed by atoms with Crippen molar-refractivity contribution in [2.24, 2.45) is 10.8 Å². The molecule has 0 radical (unpaired) electrons. The minimum absolute atomic E-state index is 0.0348. The smallest absolute Gasteiger partial charge is 0.438 e. The molecule has 2 atom stereocenters. The van der Waals surface area contributed by atoms with E-state index in [1.807, 2.05) is 52.1 Å². The molecule has 0 saturated carbocycles. The summed E-state index contributed by atoms with van der Waals surface area (Å²) in [6.45, 7) is 15.6. The highest BCUT2D eigenvalue weighted by atomic mass is 35.5. The van der Waals surface area contributed by atoms with Crippen molar-refractivity contribution in [1.29, 1.82) is 0 Å².